The maximum Gasteiger partial charge on any atom is 0.254 e. The number of hydrogen-bond acceptors (Lipinski definition) is 7. The van der Waals surface area contributed by atoms with Gasteiger partial charge in [0, 0.05) is 24.2 Å². The van der Waals surface area contributed by atoms with Crippen molar-refractivity contribution in [2.24, 2.45) is 0 Å². The molecule has 31 heavy (non-hydrogen) atoms. The zero-order valence-corrected chi connectivity index (χ0v) is 17.2. The molecule has 0 atom stereocenters. The normalized spacial score (nSPS) is 13.8. The summed E-state index contributed by atoms with van der Waals surface area (Å²) in [5, 5.41) is 3.06. The number of nitrogens with zero attached hydrogens (tertiary/aromatic N) is 3. The molecule has 2 heterocycles. The second kappa shape index (κ2) is 8.75. The summed E-state index contributed by atoms with van der Waals surface area (Å²) in [4.78, 5) is 22.2. The Labute approximate surface area is 183 Å². The number of carbonyl (C=O) groups excluding carboxylic acids is 1. The molecule has 0 unspecified atom stereocenters. The van der Waals surface area contributed by atoms with E-state index in [1.54, 1.807) is 35.2 Å². The molecule has 1 aromatic heterocycles. The second-order valence-corrected chi connectivity index (χ2v) is 7.31. The smallest absolute Gasteiger partial charge is 0.254 e. The summed E-state index contributed by atoms with van der Waals surface area (Å²) in [7, 11) is 0. The number of anilines is 4. The van der Waals surface area contributed by atoms with Crippen LogP contribution < -0.4 is 16.8 Å². The molecule has 5 N–H and O–H groups in total. The van der Waals surface area contributed by atoms with Gasteiger partial charge in [0.05, 0.1) is 24.6 Å². The van der Waals surface area contributed by atoms with E-state index < -0.39 is 5.82 Å². The molecule has 8 nitrogen and oxygen atoms in total. The van der Waals surface area contributed by atoms with Crippen LogP contribution in [0.4, 0.5) is 27.3 Å². The summed E-state index contributed by atoms with van der Waals surface area (Å²) in [5.41, 5.74) is 14.0. The van der Waals surface area contributed by atoms with E-state index in [0.29, 0.717) is 48.7 Å². The van der Waals surface area contributed by atoms with E-state index in [9.17, 15) is 9.18 Å². The standard InChI is InChI=1S/C21H20ClFN6O2/c22-19-18(25)20(27-11-26-19)28-17-9-14(15(23)10-16(17)24)12-1-3-13(4-2-12)21(30)29-5-7-31-8-6-29/h1-4,9-11H,5-8,24-25H2,(H,26,27,28). The SMILES string of the molecule is Nc1cc(F)c(-c2ccc(C(=O)N3CCOCC3)cc2)cc1Nc1ncnc(Cl)c1N. The number of amides is 1. The Morgan fingerprint density at radius 1 is 1.13 bits per heavy atom. The van der Waals surface area contributed by atoms with Gasteiger partial charge in [-0.05, 0) is 29.8 Å². The zero-order valence-electron chi connectivity index (χ0n) is 16.4. The van der Waals surface area contributed by atoms with Crippen LogP contribution in [0.5, 0.6) is 0 Å². The van der Waals surface area contributed by atoms with E-state index in [4.69, 9.17) is 27.8 Å². The highest BCUT2D eigenvalue weighted by atomic mass is 35.5. The fourth-order valence-corrected chi connectivity index (χ4v) is 3.39. The minimum absolute atomic E-state index is 0.0777. The Hall–Kier alpha value is -3.43. The van der Waals surface area contributed by atoms with E-state index in [0.717, 1.165) is 0 Å². The van der Waals surface area contributed by atoms with E-state index in [2.05, 4.69) is 15.3 Å². The van der Waals surface area contributed by atoms with Crippen LogP contribution in [0.2, 0.25) is 5.15 Å². The largest absolute Gasteiger partial charge is 0.397 e. The first-order valence-corrected chi connectivity index (χ1v) is 9.91. The molecule has 0 bridgehead atoms. The maximum absolute atomic E-state index is 14.7. The van der Waals surface area contributed by atoms with Gasteiger partial charge >= 0.3 is 0 Å². The third kappa shape index (κ3) is 4.37. The van der Waals surface area contributed by atoms with E-state index in [-0.39, 0.29) is 28.3 Å². The molecular formula is C21H20ClFN6O2. The monoisotopic (exact) mass is 442 g/mol. The number of aromatic nitrogens is 2. The zero-order chi connectivity index (χ0) is 22.0. The summed E-state index contributed by atoms with van der Waals surface area (Å²) in [6.07, 6.45) is 1.26. The van der Waals surface area contributed by atoms with Gasteiger partial charge in [0.15, 0.2) is 11.0 Å². The number of morpholine rings is 1. The molecule has 0 aliphatic carbocycles. The Kier molecular flexibility index (Phi) is 5.88. The van der Waals surface area contributed by atoms with E-state index in [1.165, 1.54) is 12.4 Å². The lowest BCUT2D eigenvalue weighted by Crippen LogP contribution is -2.40. The van der Waals surface area contributed by atoms with Crippen molar-refractivity contribution < 1.29 is 13.9 Å². The van der Waals surface area contributed by atoms with Gasteiger partial charge in [0.2, 0.25) is 0 Å². The summed E-state index contributed by atoms with van der Waals surface area (Å²) in [6, 6.07) is 9.52. The minimum Gasteiger partial charge on any atom is -0.397 e. The van der Waals surface area contributed by atoms with Gasteiger partial charge in [-0.2, -0.15) is 0 Å². The average Bonchev–Trinajstić information content (AvgIpc) is 2.79. The van der Waals surface area contributed by atoms with Crippen LogP contribution in [-0.4, -0.2) is 47.1 Å². The molecule has 1 fully saturated rings. The van der Waals surface area contributed by atoms with Crippen LogP contribution in [0.15, 0.2) is 42.7 Å². The molecule has 4 rings (SSSR count). The van der Waals surface area contributed by atoms with Crippen LogP contribution >= 0.6 is 11.6 Å². The Morgan fingerprint density at radius 3 is 2.55 bits per heavy atom. The van der Waals surface area contributed by atoms with Crippen molar-refractivity contribution >= 4 is 40.4 Å². The van der Waals surface area contributed by atoms with Crippen molar-refractivity contribution in [1.82, 2.24) is 14.9 Å². The molecule has 160 valence electrons. The van der Waals surface area contributed by atoms with Gasteiger partial charge in [0.1, 0.15) is 17.8 Å². The maximum atomic E-state index is 14.7. The Morgan fingerprint density at radius 2 is 1.84 bits per heavy atom. The van der Waals surface area contributed by atoms with Gasteiger partial charge in [-0.3, -0.25) is 4.79 Å². The summed E-state index contributed by atoms with van der Waals surface area (Å²) in [6.45, 7) is 2.16. The quantitative estimate of drug-likeness (QED) is 0.418. The third-order valence-corrected chi connectivity index (χ3v) is 5.27. The van der Waals surface area contributed by atoms with Gasteiger partial charge in [0.25, 0.3) is 5.91 Å². The van der Waals surface area contributed by atoms with Gasteiger partial charge in [-0.15, -0.1) is 0 Å². The summed E-state index contributed by atoms with van der Waals surface area (Å²) < 4.78 is 20.0. The van der Waals surface area contributed by atoms with Crippen LogP contribution in [0.1, 0.15) is 10.4 Å². The van der Waals surface area contributed by atoms with Gasteiger partial charge < -0.3 is 26.4 Å². The lowest BCUT2D eigenvalue weighted by molar-refractivity contribution is 0.0303. The molecule has 10 heteroatoms. The van der Waals surface area contributed by atoms with E-state index >= 15 is 0 Å². The highest BCUT2D eigenvalue weighted by molar-refractivity contribution is 6.32. The Balaban J connectivity index is 1.61. The van der Waals surface area contributed by atoms with Gasteiger partial charge in [-0.25, -0.2) is 14.4 Å². The lowest BCUT2D eigenvalue weighted by atomic mass is 10.0. The fraction of sp³-hybridized carbons (Fsp3) is 0.190. The molecule has 0 spiro atoms. The fourth-order valence-electron chi connectivity index (χ4n) is 3.26. The van der Waals surface area contributed by atoms with Crippen LogP contribution in [-0.2, 0) is 4.74 Å². The predicted octanol–water partition coefficient (Wildman–Crippen LogP) is 3.32. The summed E-state index contributed by atoms with van der Waals surface area (Å²) in [5.74, 6) is -0.314. The second-order valence-electron chi connectivity index (χ2n) is 6.95. The van der Waals surface area contributed by atoms with Crippen LogP contribution in [0.3, 0.4) is 0 Å². The van der Waals surface area contributed by atoms with Crippen LogP contribution in [0.25, 0.3) is 11.1 Å². The van der Waals surface area contributed by atoms with Crippen LogP contribution in [0, 0.1) is 5.82 Å². The number of hydrogen-bond donors (Lipinski definition) is 3. The number of nitrogens with two attached hydrogens (primary N) is 2. The van der Waals surface area contributed by atoms with Crippen molar-refractivity contribution in [3.05, 3.63) is 59.3 Å². The number of ether oxygens (including phenoxy) is 1. The first-order valence-electron chi connectivity index (χ1n) is 9.53. The molecule has 1 saturated heterocycles. The molecule has 1 amide bonds. The highest BCUT2D eigenvalue weighted by Crippen LogP contribution is 2.34. The first kappa shape index (κ1) is 20.8. The predicted molar refractivity (Wildman–Crippen MR) is 118 cm³/mol. The molecule has 1 aliphatic heterocycles. The van der Waals surface area contributed by atoms with Crippen molar-refractivity contribution in [2.45, 2.75) is 0 Å². The molecular weight excluding hydrogens is 423 g/mol. The molecule has 0 radical (unpaired) electrons. The number of rotatable bonds is 4. The third-order valence-electron chi connectivity index (χ3n) is 4.97. The molecule has 1 aliphatic rings. The molecule has 3 aromatic rings. The number of nitrogens with one attached hydrogen (secondary N) is 1. The molecule has 0 saturated carbocycles. The highest BCUT2D eigenvalue weighted by Gasteiger charge is 2.19. The van der Waals surface area contributed by atoms with E-state index in [1.807, 2.05) is 0 Å². The first-order chi connectivity index (χ1) is 14.9. The summed E-state index contributed by atoms with van der Waals surface area (Å²) >= 11 is 5.92. The van der Waals surface area contributed by atoms with Crippen molar-refractivity contribution in [3.8, 4) is 11.1 Å². The average molecular weight is 443 g/mol. The van der Waals surface area contributed by atoms with Crippen molar-refractivity contribution in [2.75, 3.05) is 43.1 Å². The topological polar surface area (TPSA) is 119 Å². The number of benzene rings is 2. The lowest BCUT2D eigenvalue weighted by Gasteiger charge is -2.26. The molecule has 2 aromatic carbocycles. The number of halogens is 2. The van der Waals surface area contributed by atoms with Crippen molar-refractivity contribution in [3.63, 3.8) is 0 Å². The van der Waals surface area contributed by atoms with Crippen molar-refractivity contribution in [1.29, 1.82) is 0 Å². The van der Waals surface area contributed by atoms with Gasteiger partial charge in [-0.1, -0.05) is 23.7 Å². The number of carbonyl (C=O) groups is 1. The Bertz CT molecular complexity index is 1120. The minimum atomic E-state index is -0.496. The number of nitrogen functional groups attached to an aromatic ring is 2.